The summed E-state index contributed by atoms with van der Waals surface area (Å²) in [5.74, 6) is 0. The molecule has 1 saturated heterocycles. The van der Waals surface area contributed by atoms with Crippen LogP contribution in [0, 0.1) is 0 Å². The monoisotopic (exact) mass is 364 g/mol. The molecule has 0 amide bonds. The van der Waals surface area contributed by atoms with Gasteiger partial charge in [0.1, 0.15) is 0 Å². The highest BCUT2D eigenvalue weighted by molar-refractivity contribution is 5.61. The second-order valence-corrected chi connectivity index (χ2v) is 8.06. The molecular formula is C23H32N4. The van der Waals surface area contributed by atoms with Crippen molar-refractivity contribution in [3.8, 4) is 0 Å². The minimum Gasteiger partial charge on any atom is -0.345 e. The standard InChI is InChI=1S/C23H32N4/c1-26(22-10-14-24-15-11-22)21-8-6-19(7-9-21)18-25-20-12-16-27(17-13-20)23-4-2-3-5-23/h6-11,14-15,20,23,25H,2-5,12-13,16-18H2,1H3. The third-order valence-corrected chi connectivity index (χ3v) is 6.34. The third-order valence-electron chi connectivity index (χ3n) is 6.34. The lowest BCUT2D eigenvalue weighted by Gasteiger charge is -2.36. The zero-order valence-corrected chi connectivity index (χ0v) is 16.5. The maximum atomic E-state index is 4.09. The Bertz CT molecular complexity index is 686. The minimum absolute atomic E-state index is 0.668. The minimum atomic E-state index is 0.668. The van der Waals surface area contributed by atoms with Crippen molar-refractivity contribution in [2.24, 2.45) is 0 Å². The Balaban J connectivity index is 1.24. The average molecular weight is 365 g/mol. The van der Waals surface area contributed by atoms with E-state index in [9.17, 15) is 0 Å². The first kappa shape index (κ1) is 18.5. The van der Waals surface area contributed by atoms with Gasteiger partial charge < -0.3 is 15.1 Å². The van der Waals surface area contributed by atoms with Gasteiger partial charge in [-0.25, -0.2) is 0 Å². The normalized spacial score (nSPS) is 19.4. The molecule has 2 aromatic rings. The highest BCUT2D eigenvalue weighted by Gasteiger charge is 2.26. The van der Waals surface area contributed by atoms with Crippen LogP contribution in [0.3, 0.4) is 0 Å². The van der Waals surface area contributed by atoms with Crippen LogP contribution < -0.4 is 10.2 Å². The summed E-state index contributed by atoms with van der Waals surface area (Å²) in [6.45, 7) is 3.52. The lowest BCUT2D eigenvalue weighted by atomic mass is 10.0. The lowest BCUT2D eigenvalue weighted by molar-refractivity contribution is 0.144. The maximum absolute atomic E-state index is 4.09. The van der Waals surface area contributed by atoms with Gasteiger partial charge in [-0.3, -0.25) is 4.98 Å². The molecule has 1 aromatic carbocycles. The molecule has 0 unspecified atom stereocenters. The first-order valence-electron chi connectivity index (χ1n) is 10.5. The van der Waals surface area contributed by atoms with E-state index in [1.165, 1.54) is 62.9 Å². The van der Waals surface area contributed by atoms with E-state index >= 15 is 0 Å². The van der Waals surface area contributed by atoms with Crippen molar-refractivity contribution in [3.63, 3.8) is 0 Å². The van der Waals surface area contributed by atoms with Gasteiger partial charge in [-0.15, -0.1) is 0 Å². The summed E-state index contributed by atoms with van der Waals surface area (Å²) in [6.07, 6.45) is 12.0. The van der Waals surface area contributed by atoms with Gasteiger partial charge in [0, 0.05) is 49.4 Å². The molecule has 1 saturated carbocycles. The van der Waals surface area contributed by atoms with E-state index in [0.29, 0.717) is 6.04 Å². The molecule has 1 aromatic heterocycles. The number of nitrogens with one attached hydrogen (secondary N) is 1. The molecule has 1 N–H and O–H groups in total. The predicted molar refractivity (Wildman–Crippen MR) is 112 cm³/mol. The van der Waals surface area contributed by atoms with Gasteiger partial charge >= 0.3 is 0 Å². The highest BCUT2D eigenvalue weighted by Crippen LogP contribution is 2.26. The van der Waals surface area contributed by atoms with Gasteiger partial charge in [0.25, 0.3) is 0 Å². The van der Waals surface area contributed by atoms with E-state index in [2.05, 4.69) is 51.4 Å². The SMILES string of the molecule is CN(c1ccncc1)c1ccc(CNC2CCN(C3CCCC3)CC2)cc1. The molecule has 0 atom stereocenters. The van der Waals surface area contributed by atoms with Crippen LogP contribution in [0.1, 0.15) is 44.1 Å². The number of hydrogen-bond donors (Lipinski definition) is 1. The van der Waals surface area contributed by atoms with Crippen molar-refractivity contribution >= 4 is 11.4 Å². The van der Waals surface area contributed by atoms with Crippen LogP contribution in [0.5, 0.6) is 0 Å². The Morgan fingerprint density at radius 1 is 0.926 bits per heavy atom. The number of aromatic nitrogens is 1. The summed E-state index contributed by atoms with van der Waals surface area (Å²) in [6, 6.07) is 14.5. The Hall–Kier alpha value is -1.91. The van der Waals surface area contributed by atoms with Crippen LogP contribution in [0.4, 0.5) is 11.4 Å². The number of anilines is 2. The molecule has 2 fully saturated rings. The van der Waals surface area contributed by atoms with Gasteiger partial charge in [0.2, 0.25) is 0 Å². The van der Waals surface area contributed by atoms with Crippen molar-refractivity contribution in [1.29, 1.82) is 0 Å². The van der Waals surface area contributed by atoms with Crippen LogP contribution in [-0.4, -0.2) is 42.1 Å². The molecule has 27 heavy (non-hydrogen) atoms. The smallest absolute Gasteiger partial charge is 0.0438 e. The third kappa shape index (κ3) is 4.69. The van der Waals surface area contributed by atoms with Crippen molar-refractivity contribution in [2.45, 2.75) is 57.2 Å². The van der Waals surface area contributed by atoms with E-state index in [1.54, 1.807) is 0 Å². The fourth-order valence-corrected chi connectivity index (χ4v) is 4.55. The largest absolute Gasteiger partial charge is 0.345 e. The summed E-state index contributed by atoms with van der Waals surface area (Å²) in [7, 11) is 2.10. The summed E-state index contributed by atoms with van der Waals surface area (Å²) in [4.78, 5) is 9.03. The number of rotatable bonds is 6. The van der Waals surface area contributed by atoms with Gasteiger partial charge in [-0.1, -0.05) is 25.0 Å². The fourth-order valence-electron chi connectivity index (χ4n) is 4.55. The van der Waals surface area contributed by atoms with Crippen molar-refractivity contribution in [1.82, 2.24) is 15.2 Å². The second-order valence-electron chi connectivity index (χ2n) is 8.06. The molecule has 4 nitrogen and oxygen atoms in total. The maximum Gasteiger partial charge on any atom is 0.0438 e. The summed E-state index contributed by atoms with van der Waals surface area (Å²) >= 11 is 0. The van der Waals surface area contributed by atoms with Crippen molar-refractivity contribution in [3.05, 3.63) is 54.4 Å². The van der Waals surface area contributed by atoms with E-state index < -0.39 is 0 Å². The van der Waals surface area contributed by atoms with Crippen LogP contribution in [-0.2, 0) is 6.54 Å². The van der Waals surface area contributed by atoms with Gasteiger partial charge in [0.05, 0.1) is 0 Å². The van der Waals surface area contributed by atoms with Gasteiger partial charge in [0.15, 0.2) is 0 Å². The van der Waals surface area contributed by atoms with E-state index in [1.807, 2.05) is 24.5 Å². The molecule has 0 spiro atoms. The summed E-state index contributed by atoms with van der Waals surface area (Å²) < 4.78 is 0. The second kappa shape index (κ2) is 8.85. The number of hydrogen-bond acceptors (Lipinski definition) is 4. The number of nitrogens with zero attached hydrogens (tertiary/aromatic N) is 3. The highest BCUT2D eigenvalue weighted by atomic mass is 15.2. The van der Waals surface area contributed by atoms with Crippen molar-refractivity contribution < 1.29 is 0 Å². The first-order valence-corrected chi connectivity index (χ1v) is 10.5. The number of piperidine rings is 1. The molecule has 1 aliphatic carbocycles. The van der Waals surface area contributed by atoms with Crippen LogP contribution >= 0.6 is 0 Å². The Morgan fingerprint density at radius 3 is 2.22 bits per heavy atom. The van der Waals surface area contributed by atoms with Crippen LogP contribution in [0.2, 0.25) is 0 Å². The molecule has 4 rings (SSSR count). The molecule has 1 aliphatic heterocycles. The molecular weight excluding hydrogens is 332 g/mol. The van der Waals surface area contributed by atoms with E-state index in [0.717, 1.165) is 18.3 Å². The lowest BCUT2D eigenvalue weighted by Crippen LogP contribution is -2.45. The molecule has 4 heteroatoms. The number of pyridine rings is 1. The topological polar surface area (TPSA) is 31.4 Å². The van der Waals surface area contributed by atoms with E-state index in [-0.39, 0.29) is 0 Å². The molecule has 2 aliphatic rings. The molecule has 2 heterocycles. The number of likely N-dealkylation sites (tertiary alicyclic amines) is 1. The van der Waals surface area contributed by atoms with Crippen LogP contribution in [0.15, 0.2) is 48.8 Å². The molecule has 0 bridgehead atoms. The first-order chi connectivity index (χ1) is 13.3. The predicted octanol–water partition coefficient (Wildman–Crippen LogP) is 4.35. The van der Waals surface area contributed by atoms with Crippen molar-refractivity contribution in [2.75, 3.05) is 25.0 Å². The molecule has 144 valence electrons. The molecule has 0 radical (unpaired) electrons. The Morgan fingerprint density at radius 2 is 1.56 bits per heavy atom. The quantitative estimate of drug-likeness (QED) is 0.826. The summed E-state index contributed by atoms with van der Waals surface area (Å²) in [5.41, 5.74) is 3.72. The summed E-state index contributed by atoms with van der Waals surface area (Å²) in [5, 5.41) is 3.78. The Labute approximate surface area is 163 Å². The zero-order chi connectivity index (χ0) is 18.5. The van der Waals surface area contributed by atoms with Crippen LogP contribution in [0.25, 0.3) is 0 Å². The van der Waals surface area contributed by atoms with Gasteiger partial charge in [-0.05, 0) is 68.6 Å². The van der Waals surface area contributed by atoms with E-state index in [4.69, 9.17) is 0 Å². The Kier molecular flexibility index (Phi) is 6.05. The average Bonchev–Trinajstić information content (AvgIpc) is 3.28. The zero-order valence-electron chi connectivity index (χ0n) is 16.5. The number of benzene rings is 1. The van der Waals surface area contributed by atoms with Gasteiger partial charge in [-0.2, -0.15) is 0 Å². The fraction of sp³-hybridized carbons (Fsp3) is 0.522.